The Morgan fingerprint density at radius 2 is 1.93 bits per heavy atom. The maximum atomic E-state index is 13.8. The molecule has 0 bridgehead atoms. The van der Waals surface area contributed by atoms with Crippen LogP contribution in [0, 0.1) is 12.7 Å². The molecule has 1 aromatic heterocycles. The van der Waals surface area contributed by atoms with E-state index in [4.69, 9.17) is 4.74 Å². The molecular formula is C22H21FN4O2. The summed E-state index contributed by atoms with van der Waals surface area (Å²) >= 11 is 0. The van der Waals surface area contributed by atoms with Crippen molar-refractivity contribution < 1.29 is 13.9 Å². The Labute approximate surface area is 168 Å². The van der Waals surface area contributed by atoms with Gasteiger partial charge in [-0.3, -0.25) is 15.1 Å². The standard InChI is InChI=1S/C22H21FN4O2/c1-15-6-7-17(12-20(15)23)21(28)27-22(25-14-16-8-10-24-11-9-16)26-18-4-3-5-19(13-18)29-2/h3-13H,14H2,1-2H3,(H2,25,26,27,28). The molecule has 0 fully saturated rings. The number of anilines is 1. The number of aryl methyl sites for hydroxylation is 1. The number of guanidine groups is 1. The minimum atomic E-state index is -0.465. The van der Waals surface area contributed by atoms with Gasteiger partial charge in [0.25, 0.3) is 5.91 Å². The largest absolute Gasteiger partial charge is 0.497 e. The van der Waals surface area contributed by atoms with Gasteiger partial charge in [0.05, 0.1) is 13.7 Å². The summed E-state index contributed by atoms with van der Waals surface area (Å²) in [4.78, 5) is 21.1. The molecular weight excluding hydrogens is 371 g/mol. The monoisotopic (exact) mass is 392 g/mol. The van der Waals surface area contributed by atoms with Gasteiger partial charge in [-0.25, -0.2) is 9.38 Å². The molecule has 0 aliphatic heterocycles. The Morgan fingerprint density at radius 3 is 2.66 bits per heavy atom. The van der Waals surface area contributed by atoms with Gasteiger partial charge in [0, 0.05) is 29.7 Å². The molecule has 7 heteroatoms. The van der Waals surface area contributed by atoms with E-state index >= 15 is 0 Å². The molecule has 0 aliphatic rings. The number of nitrogens with one attached hydrogen (secondary N) is 2. The second-order valence-electron chi connectivity index (χ2n) is 6.30. The molecule has 0 atom stereocenters. The maximum absolute atomic E-state index is 13.8. The number of amides is 1. The smallest absolute Gasteiger partial charge is 0.258 e. The predicted octanol–water partition coefficient (Wildman–Crippen LogP) is 3.94. The molecule has 29 heavy (non-hydrogen) atoms. The molecule has 0 radical (unpaired) electrons. The van der Waals surface area contributed by atoms with Crippen molar-refractivity contribution >= 4 is 17.6 Å². The van der Waals surface area contributed by atoms with Gasteiger partial charge in [-0.1, -0.05) is 12.1 Å². The van der Waals surface area contributed by atoms with Gasteiger partial charge in [-0.2, -0.15) is 0 Å². The number of hydrogen-bond donors (Lipinski definition) is 2. The lowest BCUT2D eigenvalue weighted by Gasteiger charge is -2.13. The summed E-state index contributed by atoms with van der Waals surface area (Å²) in [5.74, 6) is -0.00193. The van der Waals surface area contributed by atoms with Crippen LogP contribution in [-0.2, 0) is 6.54 Å². The van der Waals surface area contributed by atoms with Crippen molar-refractivity contribution in [1.29, 1.82) is 0 Å². The first kappa shape index (κ1) is 20.0. The molecule has 3 rings (SSSR count). The molecule has 3 aromatic rings. The number of nitrogens with zero attached hydrogens (tertiary/aromatic N) is 2. The van der Waals surface area contributed by atoms with Crippen LogP contribution in [0.1, 0.15) is 21.5 Å². The third-order valence-corrected chi connectivity index (χ3v) is 4.17. The third kappa shape index (κ3) is 5.62. The number of aromatic nitrogens is 1. The number of benzene rings is 2. The number of hydrogen-bond acceptors (Lipinski definition) is 4. The van der Waals surface area contributed by atoms with Crippen molar-refractivity contribution in [3.63, 3.8) is 0 Å². The Bertz CT molecular complexity index is 1020. The number of pyridine rings is 1. The summed E-state index contributed by atoms with van der Waals surface area (Å²) in [5.41, 5.74) is 2.30. The third-order valence-electron chi connectivity index (χ3n) is 4.17. The number of carbonyl (C=O) groups is 1. The highest BCUT2D eigenvalue weighted by Crippen LogP contribution is 2.17. The summed E-state index contributed by atoms with van der Waals surface area (Å²) in [7, 11) is 1.57. The van der Waals surface area contributed by atoms with E-state index in [1.54, 1.807) is 44.6 Å². The first-order chi connectivity index (χ1) is 14.0. The molecule has 1 heterocycles. The second-order valence-corrected chi connectivity index (χ2v) is 6.30. The first-order valence-corrected chi connectivity index (χ1v) is 8.97. The lowest BCUT2D eigenvalue weighted by Crippen LogP contribution is -2.36. The molecule has 0 saturated heterocycles. The fraction of sp³-hybridized carbons (Fsp3) is 0.136. The van der Waals surface area contributed by atoms with Crippen molar-refractivity contribution in [3.05, 3.63) is 89.5 Å². The fourth-order valence-corrected chi connectivity index (χ4v) is 2.52. The minimum Gasteiger partial charge on any atom is -0.497 e. The zero-order valence-corrected chi connectivity index (χ0v) is 16.1. The van der Waals surface area contributed by atoms with Gasteiger partial charge in [0.15, 0.2) is 0 Å². The minimum absolute atomic E-state index is 0.206. The number of methoxy groups -OCH3 is 1. The van der Waals surface area contributed by atoms with Crippen LogP contribution >= 0.6 is 0 Å². The van der Waals surface area contributed by atoms with Crippen LogP contribution in [0.15, 0.2) is 72.0 Å². The molecule has 2 N–H and O–H groups in total. The van der Waals surface area contributed by atoms with Crippen LogP contribution in [0.2, 0.25) is 0 Å². The van der Waals surface area contributed by atoms with Crippen molar-refractivity contribution in [2.24, 2.45) is 4.99 Å². The fourth-order valence-electron chi connectivity index (χ4n) is 2.52. The summed E-state index contributed by atoms with van der Waals surface area (Å²) in [5, 5.41) is 5.79. The molecule has 2 aromatic carbocycles. The Hall–Kier alpha value is -3.74. The van der Waals surface area contributed by atoms with Gasteiger partial charge < -0.3 is 10.1 Å². The normalized spacial score (nSPS) is 11.1. The highest BCUT2D eigenvalue weighted by atomic mass is 19.1. The van der Waals surface area contributed by atoms with E-state index in [2.05, 4.69) is 20.6 Å². The summed E-state index contributed by atoms with van der Waals surface area (Å²) < 4.78 is 19.1. The Balaban J connectivity index is 1.82. The lowest BCUT2D eigenvalue weighted by atomic mass is 10.1. The zero-order chi connectivity index (χ0) is 20.6. The van der Waals surface area contributed by atoms with E-state index < -0.39 is 11.7 Å². The average Bonchev–Trinajstić information content (AvgIpc) is 2.74. The van der Waals surface area contributed by atoms with E-state index in [-0.39, 0.29) is 11.5 Å². The van der Waals surface area contributed by atoms with Crippen LogP contribution in [0.5, 0.6) is 5.75 Å². The van der Waals surface area contributed by atoms with E-state index in [1.807, 2.05) is 30.3 Å². The van der Waals surface area contributed by atoms with E-state index in [1.165, 1.54) is 6.07 Å². The molecule has 6 nitrogen and oxygen atoms in total. The lowest BCUT2D eigenvalue weighted by molar-refractivity contribution is 0.0976. The average molecular weight is 392 g/mol. The molecule has 0 spiro atoms. The quantitative estimate of drug-likeness (QED) is 0.509. The van der Waals surface area contributed by atoms with Crippen LogP contribution < -0.4 is 15.4 Å². The summed E-state index contributed by atoms with van der Waals surface area (Å²) in [6.45, 7) is 1.97. The van der Waals surface area contributed by atoms with Gasteiger partial charge in [-0.15, -0.1) is 0 Å². The summed E-state index contributed by atoms with van der Waals surface area (Å²) in [6, 6.07) is 15.2. The molecule has 148 valence electrons. The number of aliphatic imine (C=N–C) groups is 1. The number of ether oxygens (including phenoxy) is 1. The van der Waals surface area contributed by atoms with E-state index in [0.717, 1.165) is 5.56 Å². The van der Waals surface area contributed by atoms with Gasteiger partial charge in [0.1, 0.15) is 11.6 Å². The number of halogens is 1. The highest BCUT2D eigenvalue weighted by molar-refractivity contribution is 6.10. The second kappa shape index (κ2) is 9.45. The number of carbonyl (C=O) groups excluding carboxylic acids is 1. The molecule has 0 aliphatic carbocycles. The summed E-state index contributed by atoms with van der Waals surface area (Å²) in [6.07, 6.45) is 3.35. The predicted molar refractivity (Wildman–Crippen MR) is 111 cm³/mol. The van der Waals surface area contributed by atoms with Gasteiger partial charge in [0.2, 0.25) is 5.96 Å². The van der Waals surface area contributed by atoms with Crippen LogP contribution in [-0.4, -0.2) is 24.0 Å². The highest BCUT2D eigenvalue weighted by Gasteiger charge is 2.11. The molecule has 0 saturated carbocycles. The van der Waals surface area contributed by atoms with Crippen molar-refractivity contribution in [3.8, 4) is 5.75 Å². The van der Waals surface area contributed by atoms with Crippen molar-refractivity contribution in [1.82, 2.24) is 10.3 Å². The maximum Gasteiger partial charge on any atom is 0.258 e. The van der Waals surface area contributed by atoms with Crippen LogP contribution in [0.3, 0.4) is 0 Å². The Kier molecular flexibility index (Phi) is 6.52. The SMILES string of the molecule is COc1cccc(NC(=NCc2ccncc2)NC(=O)c2ccc(C)c(F)c2)c1. The van der Waals surface area contributed by atoms with Gasteiger partial charge >= 0.3 is 0 Å². The first-order valence-electron chi connectivity index (χ1n) is 8.97. The zero-order valence-electron chi connectivity index (χ0n) is 16.1. The molecule has 1 amide bonds. The van der Waals surface area contributed by atoms with Crippen LogP contribution in [0.25, 0.3) is 0 Å². The van der Waals surface area contributed by atoms with E-state index in [9.17, 15) is 9.18 Å². The van der Waals surface area contributed by atoms with Crippen molar-refractivity contribution in [2.75, 3.05) is 12.4 Å². The van der Waals surface area contributed by atoms with Gasteiger partial charge in [-0.05, 0) is 54.4 Å². The molecule has 0 unspecified atom stereocenters. The topological polar surface area (TPSA) is 75.6 Å². The number of rotatable bonds is 5. The van der Waals surface area contributed by atoms with Crippen molar-refractivity contribution in [2.45, 2.75) is 13.5 Å². The van der Waals surface area contributed by atoms with Crippen LogP contribution in [0.4, 0.5) is 10.1 Å². The Morgan fingerprint density at radius 1 is 1.14 bits per heavy atom. The van der Waals surface area contributed by atoms with E-state index in [0.29, 0.717) is 23.5 Å².